The number of alkyl carbamates (subject to hydrolysis) is 1. The minimum absolute atomic E-state index is 0.0461. The van der Waals surface area contributed by atoms with Gasteiger partial charge in [0.2, 0.25) is 5.88 Å². The maximum absolute atomic E-state index is 14.7. The first-order chi connectivity index (χ1) is 15.9. The summed E-state index contributed by atoms with van der Waals surface area (Å²) in [7, 11) is 1.51. The molecule has 1 aliphatic rings. The Morgan fingerprint density at radius 3 is 2.58 bits per heavy atom. The van der Waals surface area contributed by atoms with Crippen LogP contribution in [0.2, 0.25) is 0 Å². The molecule has 1 aromatic carbocycles. The highest BCUT2D eigenvalue weighted by Crippen LogP contribution is 2.40. The van der Waals surface area contributed by atoms with Gasteiger partial charge in [-0.2, -0.15) is 5.10 Å². The van der Waals surface area contributed by atoms with Crippen LogP contribution in [0, 0.1) is 5.82 Å². The molecule has 172 valence electrons. The summed E-state index contributed by atoms with van der Waals surface area (Å²) < 4.78 is 27.1. The number of nitrogens with zero attached hydrogens (tertiary/aromatic N) is 3. The molecule has 1 fully saturated rings. The van der Waals surface area contributed by atoms with E-state index in [-0.39, 0.29) is 11.6 Å². The normalized spacial score (nSPS) is 15.2. The third kappa shape index (κ3) is 3.83. The van der Waals surface area contributed by atoms with Crippen LogP contribution < -0.4 is 10.1 Å². The number of aromatic nitrogens is 3. The molecule has 1 saturated heterocycles. The number of allylic oxidation sites excluding steroid dienone is 1. The zero-order valence-corrected chi connectivity index (χ0v) is 18.9. The molecule has 1 N–H and O–H groups in total. The van der Waals surface area contributed by atoms with E-state index in [2.05, 4.69) is 15.4 Å². The van der Waals surface area contributed by atoms with E-state index < -0.39 is 17.4 Å². The van der Waals surface area contributed by atoms with Crippen LogP contribution >= 0.6 is 0 Å². The summed E-state index contributed by atoms with van der Waals surface area (Å²) in [5, 5.41) is 6.80. The maximum Gasteiger partial charge on any atom is 0.419 e. The van der Waals surface area contributed by atoms with Crippen LogP contribution in [-0.4, -0.2) is 33.9 Å². The van der Waals surface area contributed by atoms with Crippen molar-refractivity contribution in [2.24, 2.45) is 0 Å². The standard InChI is InChI=1S/C24H25FN4O4/c1-5-24(6-2,12-20-21(30)28-23(31)33-20)16-8-9-18(27-22(16)32-4)14-10-17(25)15-13-26-29(7-3)19(15)11-14/h8-13H,5-7H2,1-4H3,(H,28,30,31)/b20-12-. The lowest BCUT2D eigenvalue weighted by atomic mass is 9.75. The maximum atomic E-state index is 14.7. The van der Waals surface area contributed by atoms with Gasteiger partial charge in [-0.3, -0.25) is 14.8 Å². The van der Waals surface area contributed by atoms with E-state index in [1.165, 1.54) is 19.4 Å². The Balaban J connectivity index is 1.82. The number of carbonyl (C=O) groups is 2. The molecule has 0 bridgehead atoms. The number of methoxy groups -OCH3 is 1. The number of imide groups is 1. The van der Waals surface area contributed by atoms with E-state index in [0.29, 0.717) is 47.4 Å². The minimum Gasteiger partial charge on any atom is -0.481 e. The second-order valence-corrected chi connectivity index (χ2v) is 7.82. The van der Waals surface area contributed by atoms with Gasteiger partial charge < -0.3 is 9.47 Å². The lowest BCUT2D eigenvalue weighted by Gasteiger charge is -2.30. The molecular formula is C24H25FN4O4. The summed E-state index contributed by atoms with van der Waals surface area (Å²) >= 11 is 0. The average molecular weight is 452 g/mol. The van der Waals surface area contributed by atoms with Crippen molar-refractivity contribution in [3.8, 4) is 17.1 Å². The van der Waals surface area contributed by atoms with Gasteiger partial charge >= 0.3 is 6.09 Å². The molecule has 2 aromatic heterocycles. The molecule has 0 atom stereocenters. The lowest BCUT2D eigenvalue weighted by molar-refractivity contribution is -0.116. The smallest absolute Gasteiger partial charge is 0.419 e. The number of rotatable bonds is 7. The zero-order valence-electron chi connectivity index (χ0n) is 18.9. The van der Waals surface area contributed by atoms with Crippen molar-refractivity contribution in [2.75, 3.05) is 7.11 Å². The van der Waals surface area contributed by atoms with E-state index in [4.69, 9.17) is 9.47 Å². The van der Waals surface area contributed by atoms with Gasteiger partial charge in [-0.25, -0.2) is 14.2 Å². The predicted molar refractivity (Wildman–Crippen MR) is 120 cm³/mol. The van der Waals surface area contributed by atoms with Gasteiger partial charge in [0.05, 0.1) is 29.9 Å². The predicted octanol–water partition coefficient (Wildman–Crippen LogP) is 4.47. The Bertz CT molecular complexity index is 1280. The van der Waals surface area contributed by atoms with Crippen LogP contribution in [0.5, 0.6) is 5.88 Å². The number of nitrogens with one attached hydrogen (secondary N) is 1. The van der Waals surface area contributed by atoms with Crippen molar-refractivity contribution in [3.63, 3.8) is 0 Å². The van der Waals surface area contributed by atoms with Gasteiger partial charge in [-0.05, 0) is 44.0 Å². The number of amides is 2. The summed E-state index contributed by atoms with van der Waals surface area (Å²) in [5.41, 5.74) is 1.90. The molecule has 0 unspecified atom stereocenters. The zero-order chi connectivity index (χ0) is 23.8. The molecule has 0 aliphatic carbocycles. The number of aryl methyl sites for hydroxylation is 1. The Hall–Kier alpha value is -3.75. The van der Waals surface area contributed by atoms with Crippen molar-refractivity contribution in [1.82, 2.24) is 20.1 Å². The fourth-order valence-electron chi connectivity index (χ4n) is 4.25. The van der Waals surface area contributed by atoms with Crippen LogP contribution in [0.1, 0.15) is 39.2 Å². The van der Waals surface area contributed by atoms with E-state index in [9.17, 15) is 14.0 Å². The highest BCUT2D eigenvalue weighted by atomic mass is 19.1. The van der Waals surface area contributed by atoms with Crippen LogP contribution in [0.25, 0.3) is 22.2 Å². The Kier molecular flexibility index (Phi) is 5.88. The number of pyridine rings is 1. The van der Waals surface area contributed by atoms with Crippen LogP contribution in [-0.2, 0) is 21.5 Å². The third-order valence-corrected chi connectivity index (χ3v) is 6.21. The van der Waals surface area contributed by atoms with Gasteiger partial charge in [0.15, 0.2) is 5.76 Å². The van der Waals surface area contributed by atoms with Gasteiger partial charge in [-0.1, -0.05) is 19.9 Å². The van der Waals surface area contributed by atoms with Gasteiger partial charge in [-0.15, -0.1) is 0 Å². The number of hydrogen-bond donors (Lipinski definition) is 1. The summed E-state index contributed by atoms with van der Waals surface area (Å²) in [6, 6.07) is 6.94. The molecule has 2 amide bonds. The molecule has 0 radical (unpaired) electrons. The molecule has 0 saturated carbocycles. The fourth-order valence-corrected chi connectivity index (χ4v) is 4.25. The van der Waals surface area contributed by atoms with E-state index in [0.717, 1.165) is 5.56 Å². The van der Waals surface area contributed by atoms with Gasteiger partial charge in [0.25, 0.3) is 5.91 Å². The average Bonchev–Trinajstić information content (AvgIpc) is 3.38. The summed E-state index contributed by atoms with van der Waals surface area (Å²) in [6.45, 7) is 6.50. The molecule has 33 heavy (non-hydrogen) atoms. The molecular weight excluding hydrogens is 427 g/mol. The number of benzene rings is 1. The second-order valence-electron chi connectivity index (χ2n) is 7.82. The Labute approximate surface area is 190 Å². The number of cyclic esters (lactones) is 1. The number of carbonyl (C=O) groups excluding carboxylic acids is 2. The molecule has 3 aromatic rings. The quantitative estimate of drug-likeness (QED) is 0.532. The summed E-state index contributed by atoms with van der Waals surface area (Å²) in [6.07, 6.45) is 3.58. The molecule has 8 nitrogen and oxygen atoms in total. The van der Waals surface area contributed by atoms with Crippen LogP contribution in [0.15, 0.2) is 42.3 Å². The molecule has 4 rings (SSSR count). The second kappa shape index (κ2) is 8.65. The number of fused-ring (bicyclic) bond motifs is 1. The summed E-state index contributed by atoms with van der Waals surface area (Å²) in [4.78, 5) is 28.2. The van der Waals surface area contributed by atoms with Crippen molar-refractivity contribution in [2.45, 2.75) is 45.6 Å². The highest BCUT2D eigenvalue weighted by molar-refractivity contribution is 6.07. The topological polar surface area (TPSA) is 95.3 Å². The number of ether oxygens (including phenoxy) is 2. The first-order valence-electron chi connectivity index (χ1n) is 10.8. The van der Waals surface area contributed by atoms with Gasteiger partial charge in [0.1, 0.15) is 5.82 Å². The molecule has 1 aliphatic heterocycles. The van der Waals surface area contributed by atoms with Gasteiger partial charge in [0, 0.05) is 23.1 Å². The minimum atomic E-state index is -0.795. The van der Waals surface area contributed by atoms with E-state index in [1.807, 2.05) is 32.9 Å². The largest absolute Gasteiger partial charge is 0.481 e. The van der Waals surface area contributed by atoms with E-state index in [1.54, 1.807) is 16.8 Å². The van der Waals surface area contributed by atoms with Crippen molar-refractivity contribution in [3.05, 3.63) is 53.7 Å². The highest BCUT2D eigenvalue weighted by Gasteiger charge is 2.36. The first-order valence-corrected chi connectivity index (χ1v) is 10.8. The van der Waals surface area contributed by atoms with Crippen molar-refractivity contribution < 1.29 is 23.5 Å². The third-order valence-electron chi connectivity index (χ3n) is 6.21. The fraction of sp³-hybridized carbons (Fsp3) is 0.333. The SMILES string of the molecule is CCn1ncc2c(F)cc(-c3ccc(C(/C=C4\OC(=O)NC4=O)(CC)CC)c(OC)n3)cc21. The van der Waals surface area contributed by atoms with Crippen molar-refractivity contribution in [1.29, 1.82) is 0 Å². The molecule has 0 spiro atoms. The molecule has 9 heteroatoms. The summed E-state index contributed by atoms with van der Waals surface area (Å²) in [5.74, 6) is -0.647. The Morgan fingerprint density at radius 2 is 1.97 bits per heavy atom. The molecule has 3 heterocycles. The monoisotopic (exact) mass is 452 g/mol. The van der Waals surface area contributed by atoms with Crippen LogP contribution in [0.4, 0.5) is 9.18 Å². The first kappa shape index (κ1) is 22.4. The Morgan fingerprint density at radius 1 is 1.21 bits per heavy atom. The van der Waals surface area contributed by atoms with Crippen molar-refractivity contribution >= 4 is 22.9 Å². The lowest BCUT2D eigenvalue weighted by Crippen LogP contribution is -2.25. The van der Waals surface area contributed by atoms with E-state index >= 15 is 0 Å². The number of hydrogen-bond acceptors (Lipinski definition) is 6. The number of halogens is 1. The van der Waals surface area contributed by atoms with Crippen LogP contribution in [0.3, 0.4) is 0 Å².